The number of nitrogens with one attached hydrogen (secondary N) is 1. The maximum absolute atomic E-state index is 12.0. The molecule has 0 saturated heterocycles. The second-order valence-electron chi connectivity index (χ2n) is 4.56. The molecule has 5 heteroatoms. The first-order valence-corrected chi connectivity index (χ1v) is 6.26. The van der Waals surface area contributed by atoms with Crippen molar-refractivity contribution in [2.45, 2.75) is 13.3 Å². The molecule has 5 nitrogen and oxygen atoms in total. The lowest BCUT2D eigenvalue weighted by molar-refractivity contribution is -0.115. The molecule has 0 aliphatic carbocycles. The van der Waals surface area contributed by atoms with Crippen LogP contribution < -0.4 is 5.32 Å². The van der Waals surface area contributed by atoms with Gasteiger partial charge in [-0.15, -0.1) is 0 Å². The lowest BCUT2D eigenvalue weighted by atomic mass is 10.1. The molecule has 0 bridgehead atoms. The molecule has 1 amide bonds. The number of furan rings is 1. The van der Waals surface area contributed by atoms with Crippen molar-refractivity contribution < 1.29 is 9.21 Å². The molecular weight excluding hydrogens is 254 g/mol. The third-order valence-corrected chi connectivity index (χ3v) is 2.98. The molecule has 0 radical (unpaired) electrons. The second-order valence-corrected chi connectivity index (χ2v) is 4.56. The number of rotatable bonds is 3. The number of hydrogen-bond acceptors (Lipinski definition) is 4. The number of carbonyl (C=O) groups excluding carboxylic acids is 1. The summed E-state index contributed by atoms with van der Waals surface area (Å²) in [5.41, 5.74) is 2.78. The van der Waals surface area contributed by atoms with Gasteiger partial charge in [-0.25, -0.2) is 9.97 Å². The molecule has 0 saturated carbocycles. The van der Waals surface area contributed by atoms with Crippen molar-refractivity contribution in [1.82, 2.24) is 9.97 Å². The Hall–Kier alpha value is -2.69. The van der Waals surface area contributed by atoms with Gasteiger partial charge in [0.1, 0.15) is 5.58 Å². The van der Waals surface area contributed by atoms with E-state index in [1.54, 1.807) is 24.7 Å². The minimum Gasteiger partial charge on any atom is -0.464 e. The molecule has 0 aliphatic heterocycles. The van der Waals surface area contributed by atoms with Crippen LogP contribution in [-0.2, 0) is 11.2 Å². The van der Waals surface area contributed by atoms with Crippen LogP contribution >= 0.6 is 0 Å². The highest BCUT2D eigenvalue weighted by Crippen LogP contribution is 2.22. The maximum atomic E-state index is 12.0. The fourth-order valence-corrected chi connectivity index (χ4v) is 2.04. The van der Waals surface area contributed by atoms with Crippen molar-refractivity contribution in [3.05, 3.63) is 54.0 Å². The van der Waals surface area contributed by atoms with E-state index in [0.29, 0.717) is 5.95 Å². The van der Waals surface area contributed by atoms with Crippen molar-refractivity contribution in [2.75, 3.05) is 5.32 Å². The zero-order valence-corrected chi connectivity index (χ0v) is 11.0. The van der Waals surface area contributed by atoms with Gasteiger partial charge in [0.15, 0.2) is 0 Å². The first kappa shape index (κ1) is 12.3. The number of carbonyl (C=O) groups is 1. The lowest BCUT2D eigenvalue weighted by Gasteiger charge is -2.02. The van der Waals surface area contributed by atoms with E-state index in [-0.39, 0.29) is 12.3 Å². The normalized spacial score (nSPS) is 10.7. The molecule has 0 spiro atoms. The summed E-state index contributed by atoms with van der Waals surface area (Å²) < 4.78 is 5.44. The van der Waals surface area contributed by atoms with Crippen LogP contribution in [0, 0.1) is 6.92 Å². The van der Waals surface area contributed by atoms with E-state index in [1.807, 2.05) is 25.1 Å². The third kappa shape index (κ3) is 2.51. The van der Waals surface area contributed by atoms with E-state index >= 15 is 0 Å². The molecule has 1 aromatic carbocycles. The van der Waals surface area contributed by atoms with Crippen molar-refractivity contribution in [1.29, 1.82) is 0 Å². The van der Waals surface area contributed by atoms with E-state index in [4.69, 9.17) is 4.42 Å². The average molecular weight is 267 g/mol. The Morgan fingerprint density at radius 3 is 2.90 bits per heavy atom. The Morgan fingerprint density at radius 1 is 1.30 bits per heavy atom. The van der Waals surface area contributed by atoms with E-state index in [1.165, 1.54) is 0 Å². The zero-order valence-electron chi connectivity index (χ0n) is 11.0. The molecule has 0 atom stereocenters. The van der Waals surface area contributed by atoms with Crippen LogP contribution in [0.2, 0.25) is 0 Å². The topological polar surface area (TPSA) is 68.0 Å². The highest BCUT2D eigenvalue weighted by molar-refractivity contribution is 5.94. The van der Waals surface area contributed by atoms with Gasteiger partial charge in [0.25, 0.3) is 0 Å². The number of nitrogens with zero attached hydrogens (tertiary/aromatic N) is 2. The number of aromatic nitrogens is 2. The van der Waals surface area contributed by atoms with Crippen LogP contribution in [0.25, 0.3) is 11.0 Å². The largest absolute Gasteiger partial charge is 0.464 e. The van der Waals surface area contributed by atoms with E-state index in [2.05, 4.69) is 15.3 Å². The van der Waals surface area contributed by atoms with Gasteiger partial charge in [-0.1, -0.05) is 11.6 Å². The van der Waals surface area contributed by atoms with Gasteiger partial charge in [-0.05, 0) is 25.1 Å². The van der Waals surface area contributed by atoms with Crippen LogP contribution in [0.1, 0.15) is 11.1 Å². The minimum atomic E-state index is -0.166. The number of amides is 1. The smallest absolute Gasteiger partial charge is 0.231 e. The minimum absolute atomic E-state index is 0.166. The van der Waals surface area contributed by atoms with Crippen molar-refractivity contribution in [3.8, 4) is 0 Å². The highest BCUT2D eigenvalue weighted by Gasteiger charge is 2.11. The monoisotopic (exact) mass is 267 g/mol. The fourth-order valence-electron chi connectivity index (χ4n) is 2.04. The highest BCUT2D eigenvalue weighted by atomic mass is 16.3. The van der Waals surface area contributed by atoms with Gasteiger partial charge in [0, 0.05) is 23.3 Å². The summed E-state index contributed by atoms with van der Waals surface area (Å²) in [5, 5.41) is 3.62. The predicted molar refractivity (Wildman–Crippen MR) is 75.3 cm³/mol. The average Bonchev–Trinajstić information content (AvgIpc) is 2.82. The first-order chi connectivity index (χ1) is 9.72. The standard InChI is InChI=1S/C15H13N3O2/c1-10-3-4-13-12(7-10)11(9-20-13)8-14(19)18-15-16-5-2-6-17-15/h2-7,9H,8H2,1H3,(H,16,17,18,19). The molecule has 2 aromatic heterocycles. The SMILES string of the molecule is Cc1ccc2occ(CC(=O)Nc3ncccn3)c2c1. The number of anilines is 1. The predicted octanol–water partition coefficient (Wildman–Crippen LogP) is 2.71. The first-order valence-electron chi connectivity index (χ1n) is 6.26. The van der Waals surface area contributed by atoms with E-state index < -0.39 is 0 Å². The molecule has 0 fully saturated rings. The van der Waals surface area contributed by atoms with Crippen LogP contribution in [0.4, 0.5) is 5.95 Å². The summed E-state index contributed by atoms with van der Waals surface area (Å²) >= 11 is 0. The summed E-state index contributed by atoms with van der Waals surface area (Å²) in [6, 6.07) is 7.60. The Kier molecular flexibility index (Phi) is 3.16. The fraction of sp³-hybridized carbons (Fsp3) is 0.133. The Labute approximate surface area is 115 Å². The second kappa shape index (κ2) is 5.13. The Bertz CT molecular complexity index is 750. The van der Waals surface area contributed by atoms with Gasteiger partial charge in [0.05, 0.1) is 12.7 Å². The molecule has 100 valence electrons. The summed E-state index contributed by atoms with van der Waals surface area (Å²) in [4.78, 5) is 19.9. The van der Waals surface area contributed by atoms with Crippen LogP contribution in [0.15, 0.2) is 47.3 Å². The Balaban J connectivity index is 1.79. The quantitative estimate of drug-likeness (QED) is 0.792. The van der Waals surface area contributed by atoms with Gasteiger partial charge in [-0.2, -0.15) is 0 Å². The molecule has 3 aromatic rings. The summed E-state index contributed by atoms with van der Waals surface area (Å²) in [7, 11) is 0. The van der Waals surface area contributed by atoms with Gasteiger partial charge >= 0.3 is 0 Å². The Morgan fingerprint density at radius 2 is 2.10 bits per heavy atom. The van der Waals surface area contributed by atoms with Crippen LogP contribution in [-0.4, -0.2) is 15.9 Å². The lowest BCUT2D eigenvalue weighted by Crippen LogP contribution is -2.15. The third-order valence-electron chi connectivity index (χ3n) is 2.98. The zero-order chi connectivity index (χ0) is 13.9. The van der Waals surface area contributed by atoms with Gasteiger partial charge < -0.3 is 4.42 Å². The van der Waals surface area contributed by atoms with Crippen molar-refractivity contribution >= 4 is 22.8 Å². The molecule has 20 heavy (non-hydrogen) atoms. The van der Waals surface area contributed by atoms with Gasteiger partial charge in [0.2, 0.25) is 11.9 Å². The molecule has 2 heterocycles. The maximum Gasteiger partial charge on any atom is 0.231 e. The van der Waals surface area contributed by atoms with Crippen molar-refractivity contribution in [3.63, 3.8) is 0 Å². The number of benzene rings is 1. The number of fused-ring (bicyclic) bond motifs is 1. The summed E-state index contributed by atoms with van der Waals surface area (Å²) in [6.07, 6.45) is 5.02. The number of aryl methyl sites for hydroxylation is 1. The van der Waals surface area contributed by atoms with Crippen LogP contribution in [0.5, 0.6) is 0 Å². The summed E-state index contributed by atoms with van der Waals surface area (Å²) in [6.45, 7) is 2.01. The van der Waals surface area contributed by atoms with E-state index in [9.17, 15) is 4.79 Å². The van der Waals surface area contributed by atoms with Crippen LogP contribution in [0.3, 0.4) is 0 Å². The van der Waals surface area contributed by atoms with E-state index in [0.717, 1.165) is 22.1 Å². The molecule has 3 rings (SSSR count). The summed E-state index contributed by atoms with van der Waals surface area (Å²) in [5.74, 6) is 0.141. The molecule has 1 N–H and O–H groups in total. The van der Waals surface area contributed by atoms with Gasteiger partial charge in [-0.3, -0.25) is 10.1 Å². The molecule has 0 aliphatic rings. The number of hydrogen-bond donors (Lipinski definition) is 1. The molecule has 0 unspecified atom stereocenters. The molecular formula is C15H13N3O2. The van der Waals surface area contributed by atoms with Crippen molar-refractivity contribution in [2.24, 2.45) is 0 Å².